The summed E-state index contributed by atoms with van der Waals surface area (Å²) in [5, 5.41) is 2.84. The molecule has 1 aromatic rings. The highest BCUT2D eigenvalue weighted by atomic mass is 16.5. The lowest BCUT2D eigenvalue weighted by Gasteiger charge is -2.33. The van der Waals surface area contributed by atoms with Crippen molar-refractivity contribution in [3.05, 3.63) is 12.1 Å². The number of nitrogens with zero attached hydrogens (tertiary/aromatic N) is 2. The minimum absolute atomic E-state index is 0.0125. The summed E-state index contributed by atoms with van der Waals surface area (Å²) in [7, 11) is 4.55. The Balaban J connectivity index is 1.74. The lowest BCUT2D eigenvalue weighted by molar-refractivity contribution is -0.139. The molecule has 9 heteroatoms. The van der Waals surface area contributed by atoms with Gasteiger partial charge in [0.15, 0.2) is 11.5 Å². The van der Waals surface area contributed by atoms with Crippen molar-refractivity contribution in [2.75, 3.05) is 52.4 Å². The fourth-order valence-corrected chi connectivity index (χ4v) is 4.31. The Kier molecular flexibility index (Phi) is 7.25. The number of piperidine rings is 1. The van der Waals surface area contributed by atoms with Crippen LogP contribution in [-0.4, -0.2) is 70.1 Å². The molecule has 0 aliphatic carbocycles. The highest BCUT2D eigenvalue weighted by Gasteiger charge is 2.39. The molecule has 9 nitrogen and oxygen atoms in total. The van der Waals surface area contributed by atoms with Gasteiger partial charge >= 0.3 is 0 Å². The second kappa shape index (κ2) is 9.89. The van der Waals surface area contributed by atoms with E-state index < -0.39 is 5.92 Å². The number of nitrogens with one attached hydrogen (secondary N) is 1. The smallest absolute Gasteiger partial charge is 0.228 e. The zero-order valence-corrected chi connectivity index (χ0v) is 18.6. The van der Waals surface area contributed by atoms with Crippen LogP contribution in [0.3, 0.4) is 0 Å². The number of carbonyl (C=O) groups is 3. The molecule has 0 radical (unpaired) electrons. The van der Waals surface area contributed by atoms with E-state index >= 15 is 0 Å². The van der Waals surface area contributed by atoms with Crippen LogP contribution < -0.4 is 24.4 Å². The van der Waals surface area contributed by atoms with Crippen LogP contribution >= 0.6 is 0 Å². The second-order valence-electron chi connectivity index (χ2n) is 7.81. The molecule has 31 heavy (non-hydrogen) atoms. The lowest BCUT2D eigenvalue weighted by Crippen LogP contribution is -2.47. The molecule has 3 rings (SSSR count). The maximum absolute atomic E-state index is 13.1. The molecular weight excluding hydrogens is 402 g/mol. The third-order valence-corrected chi connectivity index (χ3v) is 5.89. The molecule has 0 aromatic heterocycles. The number of hydrogen-bond acceptors (Lipinski definition) is 6. The van der Waals surface area contributed by atoms with Gasteiger partial charge in [0.2, 0.25) is 23.5 Å². The third kappa shape index (κ3) is 4.70. The van der Waals surface area contributed by atoms with Crippen molar-refractivity contribution in [3.63, 3.8) is 0 Å². The van der Waals surface area contributed by atoms with E-state index in [1.807, 2.05) is 6.92 Å². The van der Waals surface area contributed by atoms with Crippen molar-refractivity contribution in [3.8, 4) is 17.2 Å². The summed E-state index contributed by atoms with van der Waals surface area (Å²) in [6.45, 7) is 3.75. The number of carbonyl (C=O) groups excluding carboxylic acids is 3. The molecule has 2 aliphatic heterocycles. The van der Waals surface area contributed by atoms with Gasteiger partial charge in [-0.2, -0.15) is 0 Å². The summed E-state index contributed by atoms with van der Waals surface area (Å²) in [5.41, 5.74) is 0.591. The number of anilines is 1. The van der Waals surface area contributed by atoms with Crippen LogP contribution in [0.5, 0.6) is 17.2 Å². The summed E-state index contributed by atoms with van der Waals surface area (Å²) in [4.78, 5) is 41.4. The van der Waals surface area contributed by atoms with Crippen LogP contribution in [0.2, 0.25) is 0 Å². The van der Waals surface area contributed by atoms with Gasteiger partial charge in [-0.05, 0) is 19.8 Å². The van der Waals surface area contributed by atoms with Crippen LogP contribution in [0.1, 0.15) is 26.2 Å². The van der Waals surface area contributed by atoms with Gasteiger partial charge in [-0.3, -0.25) is 14.4 Å². The van der Waals surface area contributed by atoms with E-state index in [4.69, 9.17) is 14.2 Å². The first-order chi connectivity index (χ1) is 14.9. The Labute approximate surface area is 182 Å². The molecule has 2 aliphatic rings. The van der Waals surface area contributed by atoms with Crippen LogP contribution in [0.4, 0.5) is 5.69 Å². The van der Waals surface area contributed by atoms with E-state index in [-0.39, 0.29) is 36.6 Å². The molecule has 0 spiro atoms. The molecule has 0 saturated carbocycles. The molecule has 2 saturated heterocycles. The summed E-state index contributed by atoms with van der Waals surface area (Å²) >= 11 is 0. The molecule has 1 N–H and O–H groups in total. The van der Waals surface area contributed by atoms with Crippen LogP contribution in [0, 0.1) is 11.8 Å². The minimum atomic E-state index is -0.445. The summed E-state index contributed by atoms with van der Waals surface area (Å²) in [6.07, 6.45) is 1.69. The summed E-state index contributed by atoms with van der Waals surface area (Å²) < 4.78 is 16.1. The Morgan fingerprint density at radius 2 is 1.74 bits per heavy atom. The average Bonchev–Trinajstić information content (AvgIpc) is 3.19. The van der Waals surface area contributed by atoms with Gasteiger partial charge in [-0.15, -0.1) is 0 Å². The number of hydrogen-bond donors (Lipinski definition) is 1. The molecule has 0 bridgehead atoms. The predicted molar refractivity (Wildman–Crippen MR) is 115 cm³/mol. The van der Waals surface area contributed by atoms with Gasteiger partial charge in [0, 0.05) is 44.7 Å². The fourth-order valence-electron chi connectivity index (χ4n) is 4.31. The monoisotopic (exact) mass is 433 g/mol. The van der Waals surface area contributed by atoms with Crippen molar-refractivity contribution < 1.29 is 28.6 Å². The lowest BCUT2D eigenvalue weighted by atomic mass is 9.95. The zero-order valence-electron chi connectivity index (χ0n) is 18.6. The zero-order chi connectivity index (χ0) is 22.5. The summed E-state index contributed by atoms with van der Waals surface area (Å²) in [6, 6.07) is 3.41. The standard InChI is InChI=1S/C22H31N3O6/c1-5-23-21(27)14-7-6-8-24(12-14)22(28)15-9-19(26)25(13-15)16-10-17(29-2)20(31-4)18(11-16)30-3/h10-11,14-15H,5-9,12-13H2,1-4H3,(H,23,27). The Morgan fingerprint density at radius 3 is 2.32 bits per heavy atom. The number of rotatable bonds is 7. The molecule has 2 fully saturated rings. The van der Waals surface area contributed by atoms with Crippen LogP contribution in [0.25, 0.3) is 0 Å². The minimum Gasteiger partial charge on any atom is -0.493 e. The molecule has 2 atom stereocenters. The van der Waals surface area contributed by atoms with E-state index in [1.165, 1.54) is 21.3 Å². The number of methoxy groups -OCH3 is 3. The summed E-state index contributed by atoms with van der Waals surface area (Å²) in [5.74, 6) is 0.475. The first kappa shape index (κ1) is 22.7. The number of amides is 3. The second-order valence-corrected chi connectivity index (χ2v) is 7.81. The van der Waals surface area contributed by atoms with Crippen molar-refractivity contribution in [2.24, 2.45) is 11.8 Å². The van der Waals surface area contributed by atoms with Gasteiger partial charge in [-0.25, -0.2) is 0 Å². The van der Waals surface area contributed by atoms with E-state index in [2.05, 4.69) is 5.32 Å². The van der Waals surface area contributed by atoms with Crippen molar-refractivity contribution in [2.45, 2.75) is 26.2 Å². The fraction of sp³-hybridized carbons (Fsp3) is 0.591. The first-order valence-corrected chi connectivity index (χ1v) is 10.6. The highest BCUT2D eigenvalue weighted by Crippen LogP contribution is 2.42. The quantitative estimate of drug-likeness (QED) is 0.699. The Morgan fingerprint density at radius 1 is 1.06 bits per heavy atom. The maximum atomic E-state index is 13.1. The number of likely N-dealkylation sites (tertiary alicyclic amines) is 1. The Bertz CT molecular complexity index is 818. The molecule has 1 aromatic carbocycles. The van der Waals surface area contributed by atoms with Gasteiger partial charge in [0.05, 0.1) is 38.9 Å². The van der Waals surface area contributed by atoms with Gasteiger partial charge < -0.3 is 29.3 Å². The van der Waals surface area contributed by atoms with Gasteiger partial charge in [0.1, 0.15) is 0 Å². The average molecular weight is 434 g/mol. The number of ether oxygens (including phenoxy) is 3. The molecule has 2 unspecified atom stereocenters. The van der Waals surface area contributed by atoms with E-state index in [9.17, 15) is 14.4 Å². The predicted octanol–water partition coefficient (Wildman–Crippen LogP) is 1.44. The molecular formula is C22H31N3O6. The Hall–Kier alpha value is -2.97. The van der Waals surface area contributed by atoms with Crippen molar-refractivity contribution >= 4 is 23.4 Å². The number of benzene rings is 1. The van der Waals surface area contributed by atoms with Crippen molar-refractivity contribution in [1.29, 1.82) is 0 Å². The molecule has 170 valence electrons. The molecule has 3 amide bonds. The van der Waals surface area contributed by atoms with Gasteiger partial charge in [0.25, 0.3) is 0 Å². The topological polar surface area (TPSA) is 97.4 Å². The van der Waals surface area contributed by atoms with E-state index in [1.54, 1.807) is 21.9 Å². The SMILES string of the molecule is CCNC(=O)C1CCCN(C(=O)C2CC(=O)N(c3cc(OC)c(OC)c(OC)c3)C2)C1. The van der Waals surface area contributed by atoms with Crippen LogP contribution in [0.15, 0.2) is 12.1 Å². The van der Waals surface area contributed by atoms with Crippen molar-refractivity contribution in [1.82, 2.24) is 10.2 Å². The van der Waals surface area contributed by atoms with E-state index in [0.717, 1.165) is 12.8 Å². The largest absolute Gasteiger partial charge is 0.493 e. The highest BCUT2D eigenvalue weighted by molar-refractivity contribution is 6.01. The maximum Gasteiger partial charge on any atom is 0.228 e. The first-order valence-electron chi connectivity index (χ1n) is 10.6. The molecule has 2 heterocycles. The van der Waals surface area contributed by atoms with Gasteiger partial charge in [-0.1, -0.05) is 0 Å². The van der Waals surface area contributed by atoms with Crippen LogP contribution in [-0.2, 0) is 14.4 Å². The third-order valence-electron chi connectivity index (χ3n) is 5.89. The van der Waals surface area contributed by atoms with E-state index in [0.29, 0.717) is 42.6 Å². The normalized spacial score (nSPS) is 21.1.